The molecule has 0 unspecified atom stereocenters. The Morgan fingerprint density at radius 1 is 1.19 bits per heavy atom. The van der Waals surface area contributed by atoms with Crippen LogP contribution in [0.1, 0.15) is 5.56 Å². The van der Waals surface area contributed by atoms with Crippen molar-refractivity contribution in [2.75, 3.05) is 11.5 Å². The molecule has 1 aliphatic heterocycles. The summed E-state index contributed by atoms with van der Waals surface area (Å²) in [6.45, 7) is 0.276. The molecule has 1 aliphatic rings. The number of rotatable bonds is 2. The van der Waals surface area contributed by atoms with Crippen LogP contribution in [0.25, 0.3) is 0 Å². The van der Waals surface area contributed by atoms with Gasteiger partial charge in [0, 0.05) is 5.02 Å². The van der Waals surface area contributed by atoms with Crippen LogP contribution >= 0.6 is 23.4 Å². The van der Waals surface area contributed by atoms with Crippen molar-refractivity contribution in [3.05, 3.63) is 34.9 Å². The van der Waals surface area contributed by atoms with E-state index in [9.17, 15) is 9.59 Å². The monoisotopic (exact) mass is 255 g/mol. The second-order valence-corrected chi connectivity index (χ2v) is 4.85. The molecule has 0 aromatic heterocycles. The zero-order valence-corrected chi connectivity index (χ0v) is 10.1. The number of carbonyl (C=O) groups excluding carboxylic acids is 2. The Labute approximate surface area is 103 Å². The van der Waals surface area contributed by atoms with Crippen LogP contribution in [0, 0.1) is 0 Å². The van der Waals surface area contributed by atoms with E-state index in [0.717, 1.165) is 5.56 Å². The van der Waals surface area contributed by atoms with Gasteiger partial charge in [0.2, 0.25) is 11.8 Å². The highest BCUT2D eigenvalue weighted by atomic mass is 35.5. The number of thioether (sulfide) groups is 1. The summed E-state index contributed by atoms with van der Waals surface area (Å²) in [7, 11) is 0. The van der Waals surface area contributed by atoms with E-state index in [-0.39, 0.29) is 18.4 Å². The lowest BCUT2D eigenvalue weighted by atomic mass is 10.2. The van der Waals surface area contributed by atoms with E-state index in [2.05, 4.69) is 0 Å². The number of hydrogen-bond acceptors (Lipinski definition) is 3. The van der Waals surface area contributed by atoms with Gasteiger partial charge in [-0.25, -0.2) is 0 Å². The van der Waals surface area contributed by atoms with Crippen LogP contribution in [0.2, 0.25) is 5.02 Å². The number of hydrogen-bond donors (Lipinski definition) is 0. The number of nitrogens with zero attached hydrogens (tertiary/aromatic N) is 1. The van der Waals surface area contributed by atoms with Gasteiger partial charge in [-0.2, -0.15) is 0 Å². The average molecular weight is 256 g/mol. The summed E-state index contributed by atoms with van der Waals surface area (Å²) in [5.41, 5.74) is 0.803. The fraction of sp³-hybridized carbons (Fsp3) is 0.273. The fourth-order valence-corrected chi connectivity index (χ4v) is 2.45. The second-order valence-electron chi connectivity index (χ2n) is 3.46. The molecule has 16 heavy (non-hydrogen) atoms. The van der Waals surface area contributed by atoms with E-state index in [1.54, 1.807) is 6.07 Å². The smallest absolute Gasteiger partial charge is 0.239 e. The lowest BCUT2D eigenvalue weighted by molar-refractivity contribution is -0.142. The van der Waals surface area contributed by atoms with Crippen molar-refractivity contribution in [1.29, 1.82) is 0 Å². The number of carbonyl (C=O) groups is 2. The van der Waals surface area contributed by atoms with Crippen molar-refractivity contribution in [2.24, 2.45) is 0 Å². The zero-order valence-electron chi connectivity index (χ0n) is 8.48. The predicted octanol–water partition coefficient (Wildman–Crippen LogP) is 1.94. The highest BCUT2D eigenvalue weighted by Crippen LogP contribution is 2.20. The molecule has 1 saturated heterocycles. The first-order valence-electron chi connectivity index (χ1n) is 4.83. The number of imide groups is 1. The number of amides is 2. The molecule has 1 heterocycles. The van der Waals surface area contributed by atoms with Crippen molar-refractivity contribution in [1.82, 2.24) is 4.90 Å². The molecular formula is C11H10ClNO2S. The molecule has 0 bridgehead atoms. The van der Waals surface area contributed by atoms with Crippen LogP contribution < -0.4 is 0 Å². The maximum Gasteiger partial charge on any atom is 0.239 e. The van der Waals surface area contributed by atoms with Gasteiger partial charge in [-0.1, -0.05) is 29.8 Å². The molecular weight excluding hydrogens is 246 g/mol. The van der Waals surface area contributed by atoms with Gasteiger partial charge in [0.25, 0.3) is 0 Å². The first kappa shape index (κ1) is 11.5. The van der Waals surface area contributed by atoms with Crippen LogP contribution in [-0.4, -0.2) is 28.2 Å². The van der Waals surface area contributed by atoms with E-state index < -0.39 is 0 Å². The van der Waals surface area contributed by atoms with Crippen molar-refractivity contribution in [3.63, 3.8) is 0 Å². The van der Waals surface area contributed by atoms with E-state index >= 15 is 0 Å². The molecule has 1 aromatic rings. The van der Waals surface area contributed by atoms with Gasteiger partial charge >= 0.3 is 0 Å². The first-order chi connectivity index (χ1) is 7.68. The Morgan fingerprint density at radius 2 is 1.81 bits per heavy atom. The predicted molar refractivity (Wildman–Crippen MR) is 64.3 cm³/mol. The average Bonchev–Trinajstić information content (AvgIpc) is 2.26. The Hall–Kier alpha value is -1.00. The Bertz CT molecular complexity index is 420. The Kier molecular flexibility index (Phi) is 3.51. The molecule has 84 valence electrons. The van der Waals surface area contributed by atoms with Gasteiger partial charge in [0.15, 0.2) is 0 Å². The van der Waals surface area contributed by atoms with Gasteiger partial charge in [-0.3, -0.25) is 14.5 Å². The maximum atomic E-state index is 11.6. The van der Waals surface area contributed by atoms with Crippen LogP contribution in [-0.2, 0) is 16.1 Å². The van der Waals surface area contributed by atoms with Crippen molar-refractivity contribution < 1.29 is 9.59 Å². The molecule has 1 aromatic carbocycles. The fourth-order valence-electron chi connectivity index (χ4n) is 1.49. The summed E-state index contributed by atoms with van der Waals surface area (Å²) >= 11 is 7.34. The minimum Gasteiger partial charge on any atom is -0.277 e. The Morgan fingerprint density at radius 3 is 2.44 bits per heavy atom. The molecule has 5 heteroatoms. The SMILES string of the molecule is O=C1CSCC(=O)N1Cc1ccccc1Cl. The van der Waals surface area contributed by atoms with E-state index in [1.165, 1.54) is 16.7 Å². The molecule has 0 spiro atoms. The third kappa shape index (κ3) is 2.39. The molecule has 2 rings (SSSR count). The standard InChI is InChI=1S/C11H10ClNO2S/c12-9-4-2-1-3-8(9)5-13-10(14)6-16-7-11(13)15/h1-4H,5-7H2. The minimum atomic E-state index is -0.138. The van der Waals surface area contributed by atoms with Crippen LogP contribution in [0.15, 0.2) is 24.3 Å². The van der Waals surface area contributed by atoms with Gasteiger partial charge in [0.1, 0.15) is 0 Å². The second kappa shape index (κ2) is 4.89. The molecule has 1 fully saturated rings. The van der Waals surface area contributed by atoms with Crippen LogP contribution in [0.4, 0.5) is 0 Å². The van der Waals surface area contributed by atoms with Gasteiger partial charge in [-0.05, 0) is 11.6 Å². The molecule has 0 N–H and O–H groups in total. The highest BCUT2D eigenvalue weighted by molar-refractivity contribution is 8.00. The molecule has 0 aliphatic carbocycles. The minimum absolute atomic E-state index is 0.138. The van der Waals surface area contributed by atoms with E-state index in [4.69, 9.17) is 11.6 Å². The third-order valence-corrected chi connectivity index (χ3v) is 3.61. The van der Waals surface area contributed by atoms with Gasteiger partial charge in [0.05, 0.1) is 18.1 Å². The largest absolute Gasteiger partial charge is 0.277 e. The highest BCUT2D eigenvalue weighted by Gasteiger charge is 2.26. The quantitative estimate of drug-likeness (QED) is 0.758. The molecule has 0 saturated carbocycles. The van der Waals surface area contributed by atoms with Crippen LogP contribution in [0.3, 0.4) is 0 Å². The van der Waals surface area contributed by atoms with E-state index in [0.29, 0.717) is 16.5 Å². The molecule has 2 amide bonds. The maximum absolute atomic E-state index is 11.6. The summed E-state index contributed by atoms with van der Waals surface area (Å²) in [5.74, 6) is 0.467. The summed E-state index contributed by atoms with van der Waals surface area (Å²) in [5, 5.41) is 0.585. The first-order valence-corrected chi connectivity index (χ1v) is 6.36. The number of benzene rings is 1. The summed E-state index contributed by atoms with van der Waals surface area (Å²) < 4.78 is 0. The van der Waals surface area contributed by atoms with Crippen molar-refractivity contribution in [2.45, 2.75) is 6.54 Å². The lowest BCUT2D eigenvalue weighted by Gasteiger charge is -2.24. The van der Waals surface area contributed by atoms with Gasteiger partial charge in [-0.15, -0.1) is 11.8 Å². The number of halogens is 1. The van der Waals surface area contributed by atoms with E-state index in [1.807, 2.05) is 18.2 Å². The third-order valence-electron chi connectivity index (χ3n) is 2.34. The molecule has 3 nitrogen and oxygen atoms in total. The Balaban J connectivity index is 2.17. The van der Waals surface area contributed by atoms with Gasteiger partial charge < -0.3 is 0 Å². The molecule has 0 atom stereocenters. The summed E-state index contributed by atoms with van der Waals surface area (Å²) in [4.78, 5) is 24.4. The van der Waals surface area contributed by atoms with Crippen LogP contribution in [0.5, 0.6) is 0 Å². The van der Waals surface area contributed by atoms with Crippen molar-refractivity contribution in [3.8, 4) is 0 Å². The summed E-state index contributed by atoms with van der Waals surface area (Å²) in [6, 6.07) is 7.24. The van der Waals surface area contributed by atoms with Crippen molar-refractivity contribution >= 4 is 35.2 Å². The summed E-state index contributed by atoms with van der Waals surface area (Å²) in [6.07, 6.45) is 0. The normalized spacial score (nSPS) is 16.7. The lowest BCUT2D eigenvalue weighted by Crippen LogP contribution is -2.42. The zero-order chi connectivity index (χ0) is 11.5. The topological polar surface area (TPSA) is 37.4 Å². The molecule has 0 radical (unpaired) electrons.